The molecule has 90 valence electrons. The minimum absolute atomic E-state index is 0.518. The summed E-state index contributed by atoms with van der Waals surface area (Å²) in [6.07, 6.45) is 5.30. The molecule has 0 spiro atoms. The monoisotopic (exact) mass is 214 g/mol. The maximum atomic E-state index is 5.66. The van der Waals surface area contributed by atoms with Crippen LogP contribution in [0.15, 0.2) is 0 Å². The fourth-order valence-electron chi connectivity index (χ4n) is 2.08. The average Bonchev–Trinajstić information content (AvgIpc) is 2.20. The molecule has 0 aromatic heterocycles. The van der Waals surface area contributed by atoms with Crippen LogP contribution in [0.3, 0.4) is 0 Å². The van der Waals surface area contributed by atoms with Crippen LogP contribution < -0.4 is 11.1 Å². The normalized spacial score (nSPS) is 27.4. The van der Waals surface area contributed by atoms with Crippen molar-refractivity contribution in [2.24, 2.45) is 11.7 Å². The molecular formula is C12H26N2O. The topological polar surface area (TPSA) is 47.3 Å². The second kappa shape index (κ2) is 7.20. The highest BCUT2D eigenvalue weighted by Crippen LogP contribution is 2.23. The summed E-state index contributed by atoms with van der Waals surface area (Å²) in [6.45, 7) is 7.06. The Kier molecular flexibility index (Phi) is 6.22. The van der Waals surface area contributed by atoms with E-state index >= 15 is 0 Å². The Bertz CT molecular complexity index is 154. The molecule has 1 aliphatic rings. The van der Waals surface area contributed by atoms with E-state index in [0.717, 1.165) is 19.7 Å². The molecule has 0 aromatic carbocycles. The second-order valence-electron chi connectivity index (χ2n) is 4.50. The summed E-state index contributed by atoms with van der Waals surface area (Å²) < 4.78 is 5.52. The van der Waals surface area contributed by atoms with Gasteiger partial charge in [0.25, 0.3) is 0 Å². The van der Waals surface area contributed by atoms with Gasteiger partial charge in [-0.15, -0.1) is 0 Å². The van der Waals surface area contributed by atoms with E-state index in [1.807, 2.05) is 0 Å². The van der Waals surface area contributed by atoms with Gasteiger partial charge in [-0.25, -0.2) is 0 Å². The van der Waals surface area contributed by atoms with E-state index in [1.54, 1.807) is 0 Å². The molecule has 1 saturated carbocycles. The lowest BCUT2D eigenvalue weighted by molar-refractivity contribution is -0.00993. The summed E-state index contributed by atoms with van der Waals surface area (Å²) in [6, 6.07) is 0.692. The van der Waals surface area contributed by atoms with E-state index < -0.39 is 0 Å². The molecule has 0 saturated heterocycles. The minimum atomic E-state index is 0.518. The Balaban J connectivity index is 1.94. The highest BCUT2D eigenvalue weighted by molar-refractivity contribution is 4.85. The first-order valence-electron chi connectivity index (χ1n) is 6.35. The van der Waals surface area contributed by atoms with Gasteiger partial charge in [-0.1, -0.05) is 13.3 Å². The molecule has 1 unspecified atom stereocenters. The molecule has 1 atom stereocenters. The standard InChI is InChI=1S/C12H26N2O/c1-3-10(9-13)5-6-14-11-7-12(8-11)15-4-2/h10-12,14H,3-9,13H2,1-2H3. The SMILES string of the molecule is CCOC1CC(NCCC(CC)CN)C1. The maximum Gasteiger partial charge on any atom is 0.0604 e. The van der Waals surface area contributed by atoms with Gasteiger partial charge in [0.05, 0.1) is 6.10 Å². The zero-order valence-corrected chi connectivity index (χ0v) is 10.2. The van der Waals surface area contributed by atoms with E-state index in [-0.39, 0.29) is 0 Å². The van der Waals surface area contributed by atoms with Gasteiger partial charge in [0.15, 0.2) is 0 Å². The Labute approximate surface area is 93.8 Å². The number of nitrogens with two attached hydrogens (primary N) is 1. The molecule has 0 aromatic rings. The Morgan fingerprint density at radius 1 is 1.40 bits per heavy atom. The van der Waals surface area contributed by atoms with Crippen LogP contribution in [0.4, 0.5) is 0 Å². The Morgan fingerprint density at radius 2 is 2.13 bits per heavy atom. The predicted octanol–water partition coefficient (Wildman–Crippen LogP) is 1.52. The summed E-state index contributed by atoms with van der Waals surface area (Å²) in [4.78, 5) is 0. The van der Waals surface area contributed by atoms with Crippen molar-refractivity contribution < 1.29 is 4.74 Å². The average molecular weight is 214 g/mol. The van der Waals surface area contributed by atoms with Gasteiger partial charge >= 0.3 is 0 Å². The third kappa shape index (κ3) is 4.49. The van der Waals surface area contributed by atoms with E-state index in [2.05, 4.69) is 19.2 Å². The second-order valence-corrected chi connectivity index (χ2v) is 4.50. The van der Waals surface area contributed by atoms with Crippen LogP contribution in [-0.2, 0) is 4.74 Å². The van der Waals surface area contributed by atoms with Gasteiger partial charge in [0.1, 0.15) is 0 Å². The van der Waals surface area contributed by atoms with Crippen LogP contribution in [0.1, 0.15) is 39.5 Å². The first-order valence-corrected chi connectivity index (χ1v) is 6.35. The number of rotatable bonds is 8. The lowest BCUT2D eigenvalue weighted by Gasteiger charge is -2.35. The molecule has 3 nitrogen and oxygen atoms in total. The van der Waals surface area contributed by atoms with Crippen LogP contribution >= 0.6 is 0 Å². The van der Waals surface area contributed by atoms with Gasteiger partial charge in [0, 0.05) is 12.6 Å². The van der Waals surface area contributed by atoms with Gasteiger partial charge in [-0.2, -0.15) is 0 Å². The minimum Gasteiger partial charge on any atom is -0.378 e. The third-order valence-electron chi connectivity index (χ3n) is 3.39. The van der Waals surface area contributed by atoms with Crippen LogP contribution in [-0.4, -0.2) is 31.8 Å². The van der Waals surface area contributed by atoms with Crippen molar-refractivity contribution in [3.05, 3.63) is 0 Å². The van der Waals surface area contributed by atoms with Crippen LogP contribution in [0.2, 0.25) is 0 Å². The molecule has 0 heterocycles. The summed E-state index contributed by atoms with van der Waals surface area (Å²) in [5.74, 6) is 0.695. The lowest BCUT2D eigenvalue weighted by atomic mass is 9.89. The van der Waals surface area contributed by atoms with Crippen LogP contribution in [0, 0.1) is 5.92 Å². The van der Waals surface area contributed by atoms with Crippen molar-refractivity contribution in [3.8, 4) is 0 Å². The summed E-state index contributed by atoms with van der Waals surface area (Å²) in [7, 11) is 0. The number of hydrogen-bond donors (Lipinski definition) is 2. The van der Waals surface area contributed by atoms with Crippen molar-refractivity contribution in [2.45, 2.75) is 51.7 Å². The molecule has 1 fully saturated rings. The largest absolute Gasteiger partial charge is 0.378 e. The van der Waals surface area contributed by atoms with E-state index in [9.17, 15) is 0 Å². The van der Waals surface area contributed by atoms with Gasteiger partial charge in [-0.05, 0) is 45.2 Å². The predicted molar refractivity (Wildman–Crippen MR) is 63.9 cm³/mol. The molecule has 1 aliphatic carbocycles. The molecule has 3 N–H and O–H groups in total. The Morgan fingerprint density at radius 3 is 2.67 bits per heavy atom. The molecule has 3 heteroatoms. The zero-order chi connectivity index (χ0) is 11.1. The molecule has 0 amide bonds. The molecule has 15 heavy (non-hydrogen) atoms. The van der Waals surface area contributed by atoms with E-state index in [0.29, 0.717) is 18.1 Å². The van der Waals surface area contributed by atoms with Crippen LogP contribution in [0.25, 0.3) is 0 Å². The van der Waals surface area contributed by atoms with Gasteiger partial charge < -0.3 is 15.8 Å². The van der Waals surface area contributed by atoms with E-state index in [4.69, 9.17) is 10.5 Å². The highest BCUT2D eigenvalue weighted by atomic mass is 16.5. The van der Waals surface area contributed by atoms with Crippen molar-refractivity contribution in [3.63, 3.8) is 0 Å². The number of hydrogen-bond acceptors (Lipinski definition) is 3. The lowest BCUT2D eigenvalue weighted by Crippen LogP contribution is -2.46. The van der Waals surface area contributed by atoms with Crippen molar-refractivity contribution in [2.75, 3.05) is 19.7 Å². The van der Waals surface area contributed by atoms with Crippen molar-refractivity contribution >= 4 is 0 Å². The number of nitrogens with one attached hydrogen (secondary N) is 1. The maximum absolute atomic E-state index is 5.66. The smallest absolute Gasteiger partial charge is 0.0604 e. The van der Waals surface area contributed by atoms with Crippen molar-refractivity contribution in [1.82, 2.24) is 5.32 Å². The molecule has 0 aliphatic heterocycles. The Hall–Kier alpha value is -0.120. The van der Waals surface area contributed by atoms with E-state index in [1.165, 1.54) is 25.7 Å². The first kappa shape index (κ1) is 12.9. The summed E-state index contributed by atoms with van der Waals surface area (Å²) in [5, 5.41) is 3.57. The van der Waals surface area contributed by atoms with Crippen molar-refractivity contribution in [1.29, 1.82) is 0 Å². The molecular weight excluding hydrogens is 188 g/mol. The third-order valence-corrected chi connectivity index (χ3v) is 3.39. The summed E-state index contributed by atoms with van der Waals surface area (Å²) in [5.41, 5.74) is 5.66. The summed E-state index contributed by atoms with van der Waals surface area (Å²) >= 11 is 0. The fourth-order valence-corrected chi connectivity index (χ4v) is 2.08. The molecule has 0 radical (unpaired) electrons. The molecule has 0 bridgehead atoms. The van der Waals surface area contributed by atoms with Gasteiger partial charge in [-0.3, -0.25) is 0 Å². The molecule has 1 rings (SSSR count). The van der Waals surface area contributed by atoms with Gasteiger partial charge in [0.2, 0.25) is 0 Å². The fraction of sp³-hybridized carbons (Fsp3) is 1.00. The quantitative estimate of drug-likeness (QED) is 0.644. The zero-order valence-electron chi connectivity index (χ0n) is 10.2. The van der Waals surface area contributed by atoms with Crippen LogP contribution in [0.5, 0.6) is 0 Å². The number of ether oxygens (including phenoxy) is 1. The highest BCUT2D eigenvalue weighted by Gasteiger charge is 2.28. The first-order chi connectivity index (χ1) is 7.30.